The van der Waals surface area contributed by atoms with Crippen molar-refractivity contribution in [2.75, 3.05) is 6.61 Å². The van der Waals surface area contributed by atoms with Crippen molar-refractivity contribution in [2.45, 2.75) is 13.2 Å². The molecule has 0 unspecified atom stereocenters. The first kappa shape index (κ1) is 15.5. The highest BCUT2D eigenvalue weighted by Gasteiger charge is 2.03. The second kappa shape index (κ2) is 7.81. The number of rotatable bonds is 6. The van der Waals surface area contributed by atoms with Gasteiger partial charge in [0.05, 0.1) is 6.61 Å². The average Bonchev–Trinajstić information content (AvgIpc) is 2.51. The summed E-state index contributed by atoms with van der Waals surface area (Å²) in [6.45, 7) is 0.373. The molecule has 0 aliphatic rings. The molecule has 0 atom stereocenters. The molecule has 2 N–H and O–H groups in total. The lowest BCUT2D eigenvalue weighted by Gasteiger charge is -2.08. The van der Waals surface area contributed by atoms with Crippen LogP contribution in [-0.4, -0.2) is 17.6 Å². The van der Waals surface area contributed by atoms with Gasteiger partial charge in [0.15, 0.2) is 6.61 Å². The number of benzene rings is 2. The summed E-state index contributed by atoms with van der Waals surface area (Å²) in [4.78, 5) is 11.7. The molecule has 0 heterocycles. The molecule has 0 aliphatic carbocycles. The van der Waals surface area contributed by atoms with Crippen LogP contribution in [0.1, 0.15) is 11.1 Å². The molecule has 5 heteroatoms. The van der Waals surface area contributed by atoms with E-state index in [2.05, 4.69) is 21.2 Å². The first-order valence-corrected chi connectivity index (χ1v) is 7.30. The lowest BCUT2D eigenvalue weighted by atomic mass is 10.1. The lowest BCUT2D eigenvalue weighted by molar-refractivity contribution is -0.123. The summed E-state index contributed by atoms with van der Waals surface area (Å²) in [5.41, 5.74) is 1.77. The van der Waals surface area contributed by atoms with Crippen LogP contribution in [0.2, 0.25) is 0 Å². The van der Waals surface area contributed by atoms with Crippen molar-refractivity contribution in [1.82, 2.24) is 5.32 Å². The Labute approximate surface area is 131 Å². The molecule has 2 aromatic rings. The van der Waals surface area contributed by atoms with Gasteiger partial charge in [0.25, 0.3) is 5.91 Å². The van der Waals surface area contributed by atoms with Crippen LogP contribution in [0.5, 0.6) is 5.75 Å². The number of hydrogen-bond donors (Lipinski definition) is 2. The summed E-state index contributed by atoms with van der Waals surface area (Å²) in [7, 11) is 0. The molecule has 2 rings (SSSR count). The molecular weight excluding hydrogens is 334 g/mol. The van der Waals surface area contributed by atoms with Gasteiger partial charge in [-0.3, -0.25) is 4.79 Å². The number of carbonyl (C=O) groups is 1. The zero-order valence-electron chi connectivity index (χ0n) is 11.4. The normalized spacial score (nSPS) is 10.2. The number of halogens is 1. The Morgan fingerprint density at radius 2 is 1.90 bits per heavy atom. The van der Waals surface area contributed by atoms with E-state index in [0.717, 1.165) is 15.6 Å². The fourth-order valence-electron chi connectivity index (χ4n) is 1.80. The minimum Gasteiger partial charge on any atom is -0.484 e. The second-order valence-corrected chi connectivity index (χ2v) is 5.42. The van der Waals surface area contributed by atoms with E-state index in [1.54, 1.807) is 12.1 Å². The molecule has 2 aromatic carbocycles. The Morgan fingerprint density at radius 1 is 1.14 bits per heavy atom. The highest BCUT2D eigenvalue weighted by Crippen LogP contribution is 2.17. The van der Waals surface area contributed by atoms with Gasteiger partial charge in [0.1, 0.15) is 5.75 Å². The van der Waals surface area contributed by atoms with Crippen molar-refractivity contribution in [3.63, 3.8) is 0 Å². The third-order valence-corrected chi connectivity index (χ3v) is 3.32. The Balaban J connectivity index is 1.79. The largest absolute Gasteiger partial charge is 0.484 e. The van der Waals surface area contributed by atoms with Crippen molar-refractivity contribution < 1.29 is 14.6 Å². The topological polar surface area (TPSA) is 58.6 Å². The number of hydrogen-bond acceptors (Lipinski definition) is 3. The van der Waals surface area contributed by atoms with Crippen LogP contribution >= 0.6 is 15.9 Å². The third kappa shape index (κ3) is 5.21. The lowest BCUT2D eigenvalue weighted by Crippen LogP contribution is -2.28. The van der Waals surface area contributed by atoms with Crippen LogP contribution in [0.3, 0.4) is 0 Å². The Kier molecular flexibility index (Phi) is 5.78. The van der Waals surface area contributed by atoms with Crippen LogP contribution in [0.15, 0.2) is 53.0 Å². The molecule has 0 bridgehead atoms. The third-order valence-electron chi connectivity index (χ3n) is 2.83. The molecule has 1 amide bonds. The van der Waals surface area contributed by atoms with Crippen LogP contribution < -0.4 is 10.1 Å². The maximum Gasteiger partial charge on any atom is 0.258 e. The number of aliphatic hydroxyl groups is 1. The first-order valence-electron chi connectivity index (χ1n) is 6.51. The Morgan fingerprint density at radius 3 is 2.67 bits per heavy atom. The number of amides is 1. The summed E-state index contributed by atoms with van der Waals surface area (Å²) in [6, 6.07) is 14.8. The summed E-state index contributed by atoms with van der Waals surface area (Å²) in [6.07, 6.45) is 0. The van der Waals surface area contributed by atoms with Crippen molar-refractivity contribution in [3.8, 4) is 5.75 Å². The molecule has 0 aliphatic heterocycles. The summed E-state index contributed by atoms with van der Waals surface area (Å²) in [5.74, 6) is 0.450. The van der Waals surface area contributed by atoms with Gasteiger partial charge < -0.3 is 15.2 Å². The van der Waals surface area contributed by atoms with Gasteiger partial charge in [-0.15, -0.1) is 0 Å². The molecule has 0 saturated carbocycles. The van der Waals surface area contributed by atoms with Crippen LogP contribution in [0.4, 0.5) is 0 Å². The molecule has 0 saturated heterocycles. The number of nitrogens with one attached hydrogen (secondary N) is 1. The monoisotopic (exact) mass is 349 g/mol. The Hall–Kier alpha value is -1.85. The molecular formula is C16H16BrNO3. The fraction of sp³-hybridized carbons (Fsp3) is 0.188. The van der Waals surface area contributed by atoms with Gasteiger partial charge in [-0.05, 0) is 29.3 Å². The van der Waals surface area contributed by atoms with Gasteiger partial charge in [-0.25, -0.2) is 0 Å². The molecule has 0 radical (unpaired) electrons. The number of ether oxygens (including phenoxy) is 1. The van der Waals surface area contributed by atoms with E-state index < -0.39 is 0 Å². The molecule has 21 heavy (non-hydrogen) atoms. The van der Waals surface area contributed by atoms with Crippen molar-refractivity contribution in [1.29, 1.82) is 0 Å². The summed E-state index contributed by atoms with van der Waals surface area (Å²) >= 11 is 3.34. The van der Waals surface area contributed by atoms with E-state index in [9.17, 15) is 4.79 Å². The zero-order chi connectivity index (χ0) is 15.1. The average molecular weight is 350 g/mol. The zero-order valence-corrected chi connectivity index (χ0v) is 13.0. The highest BCUT2D eigenvalue weighted by atomic mass is 79.9. The van der Waals surface area contributed by atoms with E-state index >= 15 is 0 Å². The predicted molar refractivity (Wildman–Crippen MR) is 83.8 cm³/mol. The van der Waals surface area contributed by atoms with E-state index in [4.69, 9.17) is 9.84 Å². The quantitative estimate of drug-likeness (QED) is 0.842. The fourth-order valence-corrected chi connectivity index (χ4v) is 2.17. The van der Waals surface area contributed by atoms with Crippen molar-refractivity contribution in [2.24, 2.45) is 0 Å². The van der Waals surface area contributed by atoms with Gasteiger partial charge in [-0.1, -0.05) is 46.3 Å². The van der Waals surface area contributed by atoms with Gasteiger partial charge in [-0.2, -0.15) is 0 Å². The van der Waals surface area contributed by atoms with Gasteiger partial charge in [0.2, 0.25) is 0 Å². The molecule has 0 aromatic heterocycles. The van der Waals surface area contributed by atoms with Crippen LogP contribution in [0, 0.1) is 0 Å². The van der Waals surface area contributed by atoms with Crippen LogP contribution in [0.25, 0.3) is 0 Å². The molecule has 110 valence electrons. The SMILES string of the molecule is O=C(COc1cccc(Br)c1)NCc1cccc(CO)c1. The van der Waals surface area contributed by atoms with Crippen molar-refractivity contribution in [3.05, 3.63) is 64.1 Å². The number of aliphatic hydroxyl groups excluding tert-OH is 1. The minimum atomic E-state index is -0.190. The van der Waals surface area contributed by atoms with E-state index in [1.165, 1.54) is 0 Å². The summed E-state index contributed by atoms with van der Waals surface area (Å²) < 4.78 is 6.30. The molecule has 4 nitrogen and oxygen atoms in total. The standard InChI is InChI=1S/C16H16BrNO3/c17-14-5-2-6-15(8-14)21-11-16(20)18-9-12-3-1-4-13(7-12)10-19/h1-8,19H,9-11H2,(H,18,20). The first-order chi connectivity index (χ1) is 10.2. The number of carbonyl (C=O) groups excluding carboxylic acids is 1. The maximum atomic E-state index is 11.7. The van der Waals surface area contributed by atoms with E-state index in [1.807, 2.05) is 36.4 Å². The highest BCUT2D eigenvalue weighted by molar-refractivity contribution is 9.10. The smallest absolute Gasteiger partial charge is 0.258 e. The molecule has 0 spiro atoms. The van der Waals surface area contributed by atoms with Gasteiger partial charge >= 0.3 is 0 Å². The Bertz CT molecular complexity index is 616. The van der Waals surface area contributed by atoms with Crippen LogP contribution in [-0.2, 0) is 17.9 Å². The predicted octanol–water partition coefficient (Wildman–Crippen LogP) is 2.64. The molecule has 0 fully saturated rings. The van der Waals surface area contributed by atoms with E-state index in [0.29, 0.717) is 12.3 Å². The van der Waals surface area contributed by atoms with Gasteiger partial charge in [0, 0.05) is 11.0 Å². The summed E-state index contributed by atoms with van der Waals surface area (Å²) in [5, 5.41) is 11.8. The second-order valence-electron chi connectivity index (χ2n) is 4.50. The van der Waals surface area contributed by atoms with E-state index in [-0.39, 0.29) is 19.1 Å². The maximum absolute atomic E-state index is 11.7. The minimum absolute atomic E-state index is 0.00617. The van der Waals surface area contributed by atoms with Crippen molar-refractivity contribution >= 4 is 21.8 Å².